The molecule has 1 rings (SSSR count). The zero-order chi connectivity index (χ0) is 14.3. The standard InChI is InChI=1S/C14H22ClNO3/c1-4-11(17)5-6-16-9-10-7-12(15)14(19-3)13(8-10)18-2/h7-8,11,16-17H,4-6,9H2,1-3H3. The van der Waals surface area contributed by atoms with E-state index in [2.05, 4.69) is 5.32 Å². The fourth-order valence-corrected chi connectivity index (χ4v) is 2.09. The third-order valence-electron chi connectivity index (χ3n) is 2.95. The van der Waals surface area contributed by atoms with Crippen molar-refractivity contribution in [2.45, 2.75) is 32.4 Å². The van der Waals surface area contributed by atoms with Gasteiger partial charge in [0.05, 0.1) is 25.3 Å². The molecule has 2 N–H and O–H groups in total. The first-order valence-corrected chi connectivity index (χ1v) is 6.79. The lowest BCUT2D eigenvalue weighted by Gasteiger charge is -2.13. The zero-order valence-electron chi connectivity index (χ0n) is 11.7. The fraction of sp³-hybridized carbons (Fsp3) is 0.571. The highest BCUT2D eigenvalue weighted by atomic mass is 35.5. The van der Waals surface area contributed by atoms with Gasteiger partial charge in [-0.05, 0) is 37.1 Å². The van der Waals surface area contributed by atoms with E-state index in [0.717, 1.165) is 24.9 Å². The van der Waals surface area contributed by atoms with Crippen molar-refractivity contribution >= 4 is 11.6 Å². The molecule has 0 aliphatic carbocycles. The van der Waals surface area contributed by atoms with Crippen molar-refractivity contribution in [1.29, 1.82) is 0 Å². The summed E-state index contributed by atoms with van der Waals surface area (Å²) in [6.07, 6.45) is 1.29. The van der Waals surface area contributed by atoms with Crippen molar-refractivity contribution in [1.82, 2.24) is 5.32 Å². The van der Waals surface area contributed by atoms with E-state index in [9.17, 15) is 5.11 Å². The quantitative estimate of drug-likeness (QED) is 0.722. The average Bonchev–Trinajstić information content (AvgIpc) is 2.42. The number of methoxy groups -OCH3 is 2. The Morgan fingerprint density at radius 3 is 2.63 bits per heavy atom. The highest BCUT2D eigenvalue weighted by molar-refractivity contribution is 6.32. The van der Waals surface area contributed by atoms with Crippen LogP contribution >= 0.6 is 11.6 Å². The summed E-state index contributed by atoms with van der Waals surface area (Å²) < 4.78 is 10.4. The Bertz CT molecular complexity index is 399. The molecule has 0 radical (unpaired) electrons. The van der Waals surface area contributed by atoms with Crippen LogP contribution < -0.4 is 14.8 Å². The van der Waals surface area contributed by atoms with Crippen molar-refractivity contribution < 1.29 is 14.6 Å². The maximum atomic E-state index is 9.45. The van der Waals surface area contributed by atoms with Crippen LogP contribution in [0.3, 0.4) is 0 Å². The van der Waals surface area contributed by atoms with E-state index in [1.807, 2.05) is 19.1 Å². The molecule has 0 saturated carbocycles. The van der Waals surface area contributed by atoms with Gasteiger partial charge in [0.1, 0.15) is 0 Å². The molecule has 5 heteroatoms. The number of hydrogen-bond acceptors (Lipinski definition) is 4. The van der Waals surface area contributed by atoms with E-state index in [4.69, 9.17) is 21.1 Å². The molecule has 0 bridgehead atoms. The Morgan fingerprint density at radius 2 is 2.05 bits per heavy atom. The molecular formula is C14H22ClNO3. The zero-order valence-corrected chi connectivity index (χ0v) is 12.5. The summed E-state index contributed by atoms with van der Waals surface area (Å²) in [5.41, 5.74) is 1.02. The number of hydrogen-bond donors (Lipinski definition) is 2. The largest absolute Gasteiger partial charge is 0.493 e. The smallest absolute Gasteiger partial charge is 0.179 e. The molecule has 108 valence electrons. The van der Waals surface area contributed by atoms with Crippen LogP contribution in [0, 0.1) is 0 Å². The Balaban J connectivity index is 2.57. The average molecular weight is 288 g/mol. The molecule has 0 amide bonds. The molecule has 1 aromatic carbocycles. The van der Waals surface area contributed by atoms with Gasteiger partial charge in [0.2, 0.25) is 0 Å². The summed E-state index contributed by atoms with van der Waals surface area (Å²) in [6, 6.07) is 3.75. The predicted octanol–water partition coefficient (Wildman–Crippen LogP) is 2.61. The number of halogens is 1. The number of nitrogens with one attached hydrogen (secondary N) is 1. The first kappa shape index (κ1) is 16.1. The molecule has 0 fully saturated rings. The normalized spacial score (nSPS) is 12.3. The van der Waals surface area contributed by atoms with E-state index in [1.165, 1.54) is 0 Å². The van der Waals surface area contributed by atoms with E-state index < -0.39 is 0 Å². The molecule has 1 atom stereocenters. The summed E-state index contributed by atoms with van der Waals surface area (Å²) in [5, 5.41) is 13.3. The summed E-state index contributed by atoms with van der Waals surface area (Å²) in [4.78, 5) is 0. The number of benzene rings is 1. The highest BCUT2D eigenvalue weighted by Gasteiger charge is 2.10. The first-order valence-electron chi connectivity index (χ1n) is 6.41. The molecule has 4 nitrogen and oxygen atoms in total. The van der Waals surface area contributed by atoms with Gasteiger partial charge in [0.15, 0.2) is 11.5 Å². The summed E-state index contributed by atoms with van der Waals surface area (Å²) in [5.74, 6) is 1.18. The molecule has 0 heterocycles. The second-order valence-corrected chi connectivity index (χ2v) is 4.75. The third kappa shape index (κ3) is 4.90. The van der Waals surface area contributed by atoms with Crippen molar-refractivity contribution in [2.75, 3.05) is 20.8 Å². The molecule has 0 saturated heterocycles. The SMILES string of the molecule is CCC(O)CCNCc1cc(Cl)c(OC)c(OC)c1. The fourth-order valence-electron chi connectivity index (χ4n) is 1.78. The minimum Gasteiger partial charge on any atom is -0.493 e. The highest BCUT2D eigenvalue weighted by Crippen LogP contribution is 2.35. The van der Waals surface area contributed by atoms with Crippen LogP contribution in [0.4, 0.5) is 0 Å². The lowest BCUT2D eigenvalue weighted by molar-refractivity contribution is 0.159. The Hall–Kier alpha value is -0.970. The van der Waals surface area contributed by atoms with Crippen LogP contribution in [0.5, 0.6) is 11.5 Å². The van der Waals surface area contributed by atoms with Crippen molar-refractivity contribution in [3.05, 3.63) is 22.7 Å². The predicted molar refractivity (Wildman–Crippen MR) is 77.2 cm³/mol. The Kier molecular flexibility index (Phi) is 6.99. The van der Waals surface area contributed by atoms with Gasteiger partial charge in [-0.25, -0.2) is 0 Å². The Labute approximate surface area is 119 Å². The molecule has 0 aliphatic heterocycles. The van der Waals surface area contributed by atoms with Crippen molar-refractivity contribution in [3.8, 4) is 11.5 Å². The number of ether oxygens (including phenoxy) is 2. The van der Waals surface area contributed by atoms with Gasteiger partial charge < -0.3 is 19.9 Å². The third-order valence-corrected chi connectivity index (χ3v) is 3.23. The number of rotatable bonds is 8. The minimum atomic E-state index is -0.235. The van der Waals surface area contributed by atoms with Gasteiger partial charge in [-0.1, -0.05) is 18.5 Å². The number of aliphatic hydroxyl groups excluding tert-OH is 1. The first-order chi connectivity index (χ1) is 9.12. The number of aliphatic hydroxyl groups is 1. The summed E-state index contributed by atoms with van der Waals surface area (Å²) in [7, 11) is 3.15. The second kappa shape index (κ2) is 8.25. The van der Waals surface area contributed by atoms with E-state index in [1.54, 1.807) is 14.2 Å². The van der Waals surface area contributed by atoms with Crippen molar-refractivity contribution in [2.24, 2.45) is 0 Å². The minimum absolute atomic E-state index is 0.235. The van der Waals surface area contributed by atoms with Crippen LogP contribution in [0.1, 0.15) is 25.3 Å². The van der Waals surface area contributed by atoms with Crippen LogP contribution in [-0.4, -0.2) is 32.0 Å². The van der Waals surface area contributed by atoms with E-state index in [-0.39, 0.29) is 6.10 Å². The molecule has 1 aromatic rings. The van der Waals surface area contributed by atoms with Gasteiger partial charge in [0, 0.05) is 6.54 Å². The lowest BCUT2D eigenvalue weighted by Crippen LogP contribution is -2.19. The molecule has 0 spiro atoms. The van der Waals surface area contributed by atoms with Crippen LogP contribution in [-0.2, 0) is 6.54 Å². The van der Waals surface area contributed by atoms with E-state index in [0.29, 0.717) is 23.1 Å². The monoisotopic (exact) mass is 287 g/mol. The maximum Gasteiger partial charge on any atom is 0.179 e. The molecule has 0 aromatic heterocycles. The van der Waals surface area contributed by atoms with Gasteiger partial charge >= 0.3 is 0 Å². The maximum absolute atomic E-state index is 9.45. The van der Waals surface area contributed by atoms with E-state index >= 15 is 0 Å². The topological polar surface area (TPSA) is 50.7 Å². The molecule has 19 heavy (non-hydrogen) atoms. The van der Waals surface area contributed by atoms with Crippen LogP contribution in [0.25, 0.3) is 0 Å². The summed E-state index contributed by atoms with van der Waals surface area (Å²) >= 11 is 6.13. The molecule has 0 aliphatic rings. The molecular weight excluding hydrogens is 266 g/mol. The molecule has 1 unspecified atom stereocenters. The van der Waals surface area contributed by atoms with Crippen LogP contribution in [0.15, 0.2) is 12.1 Å². The second-order valence-electron chi connectivity index (χ2n) is 4.34. The van der Waals surface area contributed by atoms with Gasteiger partial charge in [-0.15, -0.1) is 0 Å². The van der Waals surface area contributed by atoms with Gasteiger partial charge in [0.25, 0.3) is 0 Å². The van der Waals surface area contributed by atoms with Gasteiger partial charge in [-0.2, -0.15) is 0 Å². The van der Waals surface area contributed by atoms with Crippen LogP contribution in [0.2, 0.25) is 5.02 Å². The Morgan fingerprint density at radius 1 is 1.32 bits per heavy atom. The summed E-state index contributed by atoms with van der Waals surface area (Å²) in [6.45, 7) is 3.41. The van der Waals surface area contributed by atoms with Gasteiger partial charge in [-0.3, -0.25) is 0 Å². The van der Waals surface area contributed by atoms with Crippen molar-refractivity contribution in [3.63, 3.8) is 0 Å². The lowest BCUT2D eigenvalue weighted by atomic mass is 10.2.